The van der Waals surface area contributed by atoms with Gasteiger partial charge in [0, 0.05) is 6.54 Å². The van der Waals surface area contributed by atoms with Gasteiger partial charge in [0.2, 0.25) is 0 Å². The van der Waals surface area contributed by atoms with Gasteiger partial charge in [0.15, 0.2) is 0 Å². The topological polar surface area (TPSA) is 38.3 Å². The third-order valence-electron chi connectivity index (χ3n) is 1.83. The Hall–Kier alpha value is -0.870. The Morgan fingerprint density at radius 1 is 1.71 bits per heavy atom. The number of hydrogen-bond acceptors (Lipinski definition) is 4. The van der Waals surface area contributed by atoms with Crippen LogP contribution in [0.25, 0.3) is 0 Å². The summed E-state index contributed by atoms with van der Waals surface area (Å²) >= 11 is 1.65. The summed E-state index contributed by atoms with van der Waals surface area (Å²) in [5.41, 5.74) is 1.20. The summed E-state index contributed by atoms with van der Waals surface area (Å²) in [6.45, 7) is 4.76. The summed E-state index contributed by atoms with van der Waals surface area (Å²) in [6, 6.07) is 1.80. The van der Waals surface area contributed by atoms with Gasteiger partial charge in [0.05, 0.1) is 6.61 Å². The van der Waals surface area contributed by atoms with Crippen molar-refractivity contribution in [2.75, 3.05) is 6.61 Å². The largest absolute Gasteiger partial charge is 0.465 e. The minimum atomic E-state index is -0.241. The number of thiophene rings is 1. The van der Waals surface area contributed by atoms with Crippen LogP contribution in [0.15, 0.2) is 16.8 Å². The molecule has 3 nitrogen and oxygen atoms in total. The fourth-order valence-corrected chi connectivity index (χ4v) is 1.68. The highest BCUT2D eigenvalue weighted by molar-refractivity contribution is 7.07. The minimum Gasteiger partial charge on any atom is -0.465 e. The van der Waals surface area contributed by atoms with Crippen LogP contribution in [0, 0.1) is 0 Å². The van der Waals surface area contributed by atoms with E-state index in [1.54, 1.807) is 11.3 Å². The van der Waals surface area contributed by atoms with Gasteiger partial charge in [-0.15, -0.1) is 0 Å². The molecule has 0 saturated heterocycles. The van der Waals surface area contributed by atoms with Crippen LogP contribution in [0.4, 0.5) is 0 Å². The van der Waals surface area contributed by atoms with Crippen molar-refractivity contribution in [2.45, 2.75) is 26.4 Å². The standard InChI is InChI=1S/C10H15NO2S/c1-3-13-10(12)8(2)11-6-9-4-5-14-7-9/h4-5,7-8,11H,3,6H2,1-2H3/t8-/m1/s1. The Kier molecular flexibility index (Phi) is 4.62. The van der Waals surface area contributed by atoms with Crippen LogP contribution in [0.2, 0.25) is 0 Å². The molecule has 0 aliphatic heterocycles. The van der Waals surface area contributed by atoms with Gasteiger partial charge in [0.1, 0.15) is 6.04 Å². The van der Waals surface area contributed by atoms with Crippen molar-refractivity contribution in [2.24, 2.45) is 0 Å². The number of ether oxygens (including phenoxy) is 1. The number of esters is 1. The molecule has 4 heteroatoms. The van der Waals surface area contributed by atoms with E-state index in [2.05, 4.69) is 10.7 Å². The molecule has 14 heavy (non-hydrogen) atoms. The summed E-state index contributed by atoms with van der Waals surface area (Å²) < 4.78 is 4.87. The summed E-state index contributed by atoms with van der Waals surface area (Å²) in [5.74, 6) is -0.192. The fourth-order valence-electron chi connectivity index (χ4n) is 1.01. The lowest BCUT2D eigenvalue weighted by Gasteiger charge is -2.11. The predicted octanol–water partition coefficient (Wildman–Crippen LogP) is 1.79. The highest BCUT2D eigenvalue weighted by Crippen LogP contribution is 2.05. The van der Waals surface area contributed by atoms with Gasteiger partial charge in [-0.3, -0.25) is 4.79 Å². The molecule has 1 N–H and O–H groups in total. The first-order valence-electron chi connectivity index (χ1n) is 4.65. The van der Waals surface area contributed by atoms with E-state index >= 15 is 0 Å². The lowest BCUT2D eigenvalue weighted by atomic mass is 10.3. The van der Waals surface area contributed by atoms with Gasteiger partial charge < -0.3 is 10.1 Å². The maximum Gasteiger partial charge on any atom is 0.322 e. The smallest absolute Gasteiger partial charge is 0.322 e. The molecule has 0 amide bonds. The Bertz CT molecular complexity index is 272. The van der Waals surface area contributed by atoms with Gasteiger partial charge >= 0.3 is 5.97 Å². The third kappa shape index (κ3) is 3.47. The molecule has 0 aromatic carbocycles. The van der Waals surface area contributed by atoms with E-state index in [9.17, 15) is 4.79 Å². The molecule has 0 saturated carbocycles. The summed E-state index contributed by atoms with van der Waals surface area (Å²) in [7, 11) is 0. The molecule has 0 spiro atoms. The molecule has 0 unspecified atom stereocenters. The predicted molar refractivity (Wildman–Crippen MR) is 57.3 cm³/mol. The molecule has 0 radical (unpaired) electrons. The molecule has 0 aliphatic rings. The molecule has 78 valence electrons. The van der Waals surface area contributed by atoms with Crippen LogP contribution in [-0.4, -0.2) is 18.6 Å². The molecule has 1 heterocycles. The van der Waals surface area contributed by atoms with Crippen molar-refractivity contribution in [3.63, 3.8) is 0 Å². The first kappa shape index (κ1) is 11.2. The molecule has 1 rings (SSSR count). The van der Waals surface area contributed by atoms with E-state index in [0.29, 0.717) is 13.2 Å². The first-order chi connectivity index (χ1) is 6.74. The van der Waals surface area contributed by atoms with Gasteiger partial charge in [-0.1, -0.05) is 0 Å². The number of carbonyl (C=O) groups is 1. The second-order valence-corrected chi connectivity index (χ2v) is 3.77. The lowest BCUT2D eigenvalue weighted by molar-refractivity contribution is -0.145. The second kappa shape index (κ2) is 5.78. The van der Waals surface area contributed by atoms with Gasteiger partial charge in [0.25, 0.3) is 0 Å². The lowest BCUT2D eigenvalue weighted by Crippen LogP contribution is -2.34. The van der Waals surface area contributed by atoms with Crippen molar-refractivity contribution in [1.29, 1.82) is 0 Å². The molecule has 1 atom stereocenters. The average molecular weight is 213 g/mol. The van der Waals surface area contributed by atoms with E-state index in [1.165, 1.54) is 5.56 Å². The monoisotopic (exact) mass is 213 g/mol. The second-order valence-electron chi connectivity index (χ2n) is 2.99. The molecule has 1 aromatic heterocycles. The number of hydrogen-bond donors (Lipinski definition) is 1. The van der Waals surface area contributed by atoms with Crippen LogP contribution < -0.4 is 5.32 Å². The quantitative estimate of drug-likeness (QED) is 0.758. The third-order valence-corrected chi connectivity index (χ3v) is 2.56. The van der Waals surface area contributed by atoms with E-state index < -0.39 is 0 Å². The van der Waals surface area contributed by atoms with Crippen LogP contribution in [0.5, 0.6) is 0 Å². The molecule has 0 fully saturated rings. The maximum atomic E-state index is 11.2. The molecule has 1 aromatic rings. The van der Waals surface area contributed by atoms with E-state index in [1.807, 2.05) is 25.3 Å². The average Bonchev–Trinajstić information content (AvgIpc) is 2.67. The first-order valence-corrected chi connectivity index (χ1v) is 5.59. The highest BCUT2D eigenvalue weighted by atomic mass is 32.1. The summed E-state index contributed by atoms with van der Waals surface area (Å²) in [5, 5.41) is 7.18. The van der Waals surface area contributed by atoms with Gasteiger partial charge in [-0.2, -0.15) is 11.3 Å². The van der Waals surface area contributed by atoms with Crippen LogP contribution in [0.3, 0.4) is 0 Å². The number of nitrogens with one attached hydrogen (secondary N) is 1. The van der Waals surface area contributed by atoms with Crippen molar-refractivity contribution in [1.82, 2.24) is 5.32 Å². The van der Waals surface area contributed by atoms with E-state index in [0.717, 1.165) is 0 Å². The van der Waals surface area contributed by atoms with Gasteiger partial charge in [-0.05, 0) is 36.2 Å². The zero-order chi connectivity index (χ0) is 10.4. The zero-order valence-corrected chi connectivity index (χ0v) is 9.26. The Morgan fingerprint density at radius 2 is 2.50 bits per heavy atom. The fraction of sp³-hybridized carbons (Fsp3) is 0.500. The van der Waals surface area contributed by atoms with Crippen molar-refractivity contribution >= 4 is 17.3 Å². The SMILES string of the molecule is CCOC(=O)[C@@H](C)NCc1ccsc1. The Labute approximate surface area is 88.1 Å². The molecular formula is C10H15NO2S. The van der Waals surface area contributed by atoms with E-state index in [4.69, 9.17) is 4.74 Å². The maximum absolute atomic E-state index is 11.2. The summed E-state index contributed by atoms with van der Waals surface area (Å²) in [4.78, 5) is 11.2. The molecule has 0 bridgehead atoms. The van der Waals surface area contributed by atoms with Crippen LogP contribution >= 0.6 is 11.3 Å². The summed E-state index contributed by atoms with van der Waals surface area (Å²) in [6.07, 6.45) is 0. The highest BCUT2D eigenvalue weighted by Gasteiger charge is 2.12. The Balaban J connectivity index is 2.27. The molecule has 0 aliphatic carbocycles. The van der Waals surface area contributed by atoms with Gasteiger partial charge in [-0.25, -0.2) is 0 Å². The van der Waals surface area contributed by atoms with E-state index in [-0.39, 0.29) is 12.0 Å². The molecular weight excluding hydrogens is 198 g/mol. The van der Waals surface area contributed by atoms with Crippen molar-refractivity contribution in [3.05, 3.63) is 22.4 Å². The normalized spacial score (nSPS) is 12.4. The number of carbonyl (C=O) groups excluding carboxylic acids is 1. The van der Waals surface area contributed by atoms with Crippen molar-refractivity contribution < 1.29 is 9.53 Å². The number of rotatable bonds is 5. The minimum absolute atomic E-state index is 0.192. The zero-order valence-electron chi connectivity index (χ0n) is 8.45. The van der Waals surface area contributed by atoms with Crippen molar-refractivity contribution in [3.8, 4) is 0 Å². The van der Waals surface area contributed by atoms with Crippen LogP contribution in [0.1, 0.15) is 19.4 Å². The Morgan fingerprint density at radius 3 is 3.07 bits per heavy atom. The van der Waals surface area contributed by atoms with Crippen LogP contribution in [-0.2, 0) is 16.1 Å².